The molecule has 166 valence electrons. The Balaban J connectivity index is 0.000000360. The maximum absolute atomic E-state index is 12.7. The Kier molecular flexibility index (Phi) is 7.14. The van der Waals surface area contributed by atoms with Crippen molar-refractivity contribution in [3.8, 4) is 11.3 Å². The highest BCUT2D eigenvalue weighted by Crippen LogP contribution is 2.26. The summed E-state index contributed by atoms with van der Waals surface area (Å²) >= 11 is 0. The fraction of sp³-hybridized carbons (Fsp3) is 0.227. The fourth-order valence-corrected chi connectivity index (χ4v) is 3.25. The summed E-state index contributed by atoms with van der Waals surface area (Å²) in [6.07, 6.45) is 1.35. The zero-order valence-corrected chi connectivity index (χ0v) is 16.8. The van der Waals surface area contributed by atoms with Crippen molar-refractivity contribution in [3.63, 3.8) is 0 Å². The Morgan fingerprint density at radius 2 is 1.56 bits per heavy atom. The number of aromatic nitrogens is 3. The van der Waals surface area contributed by atoms with Crippen LogP contribution in [0.3, 0.4) is 0 Å². The van der Waals surface area contributed by atoms with Crippen LogP contribution in [0.25, 0.3) is 11.3 Å². The van der Waals surface area contributed by atoms with Crippen molar-refractivity contribution in [2.75, 3.05) is 13.1 Å². The van der Waals surface area contributed by atoms with E-state index < -0.39 is 12.1 Å². The number of carboxylic acid groups (broad SMARTS) is 1. The Morgan fingerprint density at radius 1 is 0.938 bits per heavy atom. The molecule has 3 aromatic rings. The van der Waals surface area contributed by atoms with Crippen LogP contribution >= 0.6 is 0 Å². The number of hydrogen-bond donors (Lipinski definition) is 1. The van der Waals surface area contributed by atoms with E-state index in [9.17, 15) is 18.0 Å². The van der Waals surface area contributed by atoms with Gasteiger partial charge in [0, 0.05) is 54.3 Å². The predicted octanol–water partition coefficient (Wildman–Crippen LogP) is 3.41. The van der Waals surface area contributed by atoms with E-state index in [2.05, 4.69) is 27.1 Å². The van der Waals surface area contributed by atoms with Gasteiger partial charge in [0.25, 0.3) is 5.91 Å². The molecule has 0 radical (unpaired) electrons. The van der Waals surface area contributed by atoms with E-state index in [1.807, 2.05) is 23.1 Å². The molecule has 10 heteroatoms. The molecule has 0 fully saturated rings. The summed E-state index contributed by atoms with van der Waals surface area (Å²) < 4.78 is 31.7. The van der Waals surface area contributed by atoms with Crippen molar-refractivity contribution in [1.82, 2.24) is 19.9 Å². The van der Waals surface area contributed by atoms with Crippen molar-refractivity contribution in [3.05, 3.63) is 78.0 Å². The number of benzene rings is 1. The first-order chi connectivity index (χ1) is 15.3. The summed E-state index contributed by atoms with van der Waals surface area (Å²) in [6.45, 7) is 1.33. The van der Waals surface area contributed by atoms with Gasteiger partial charge in [0.05, 0.1) is 5.69 Å². The largest absolute Gasteiger partial charge is 0.490 e. The van der Waals surface area contributed by atoms with E-state index in [0.29, 0.717) is 18.7 Å². The predicted molar refractivity (Wildman–Crippen MR) is 109 cm³/mol. The van der Waals surface area contributed by atoms with Crippen LogP contribution in [0.4, 0.5) is 13.2 Å². The van der Waals surface area contributed by atoms with Crippen molar-refractivity contribution in [2.45, 2.75) is 19.0 Å². The number of nitrogens with zero attached hydrogens (tertiary/aromatic N) is 4. The van der Waals surface area contributed by atoms with Crippen LogP contribution < -0.4 is 0 Å². The van der Waals surface area contributed by atoms with E-state index >= 15 is 0 Å². The molecular weight excluding hydrogens is 425 g/mol. The van der Waals surface area contributed by atoms with Crippen LogP contribution in [-0.4, -0.2) is 56.1 Å². The van der Waals surface area contributed by atoms with E-state index in [1.165, 1.54) is 0 Å². The zero-order chi connectivity index (χ0) is 23.1. The number of pyridine rings is 1. The highest BCUT2D eigenvalue weighted by molar-refractivity contribution is 5.94. The third-order valence-corrected chi connectivity index (χ3v) is 4.79. The molecule has 0 atom stereocenters. The monoisotopic (exact) mass is 444 g/mol. The van der Waals surface area contributed by atoms with Gasteiger partial charge in [-0.15, -0.1) is 0 Å². The first kappa shape index (κ1) is 22.9. The molecule has 3 heterocycles. The summed E-state index contributed by atoms with van der Waals surface area (Å²) in [5, 5.41) is 7.12. The number of amides is 1. The van der Waals surface area contributed by atoms with Crippen LogP contribution in [0.5, 0.6) is 0 Å². The molecule has 1 N–H and O–H groups in total. The van der Waals surface area contributed by atoms with Gasteiger partial charge in [-0.3, -0.25) is 9.78 Å². The van der Waals surface area contributed by atoms with Crippen LogP contribution in [-0.2, 0) is 17.6 Å². The third-order valence-electron chi connectivity index (χ3n) is 4.79. The molecule has 0 unspecified atom stereocenters. The van der Waals surface area contributed by atoms with Crippen molar-refractivity contribution < 1.29 is 27.9 Å². The van der Waals surface area contributed by atoms with Gasteiger partial charge in [-0.25, -0.2) is 14.8 Å². The van der Waals surface area contributed by atoms with Crippen LogP contribution in [0.15, 0.2) is 61.2 Å². The van der Waals surface area contributed by atoms with E-state index in [1.54, 1.807) is 30.9 Å². The number of rotatable bonds is 2. The number of hydrogen-bond acceptors (Lipinski definition) is 5. The van der Waals surface area contributed by atoms with Crippen LogP contribution in [0.2, 0.25) is 0 Å². The number of carbonyl (C=O) groups excluding carboxylic acids is 1. The molecule has 1 amide bonds. The molecule has 0 saturated carbocycles. The number of carbonyl (C=O) groups is 2. The van der Waals surface area contributed by atoms with Gasteiger partial charge in [0.2, 0.25) is 0 Å². The molecular formula is C22H19F3N4O3. The molecule has 0 saturated heterocycles. The average molecular weight is 444 g/mol. The lowest BCUT2D eigenvalue weighted by Crippen LogP contribution is -2.33. The summed E-state index contributed by atoms with van der Waals surface area (Å²) in [6, 6.07) is 13.7. The molecule has 1 aliphatic heterocycles. The lowest BCUT2D eigenvalue weighted by atomic mass is 10.0. The van der Waals surface area contributed by atoms with Crippen molar-refractivity contribution in [1.29, 1.82) is 0 Å². The maximum atomic E-state index is 12.7. The standard InChI is InChI=1S/C20H18N4O.C2HF3O2/c25-20(16-6-10-21-11-7-16)24-12-8-17-18(9-13-24)22-14-23-19(17)15-4-2-1-3-5-15;3-2(4,5)1(6)7/h1-7,10-11,14H,8-9,12-13H2;(H,6,7). The molecule has 0 aliphatic carbocycles. The molecule has 4 rings (SSSR count). The minimum absolute atomic E-state index is 0.0458. The number of fused-ring (bicyclic) bond motifs is 1. The second-order valence-corrected chi connectivity index (χ2v) is 6.84. The molecule has 1 aromatic carbocycles. The SMILES string of the molecule is O=C(O)C(F)(F)F.O=C(c1ccncc1)N1CCc2ncnc(-c3ccccc3)c2CC1. The summed E-state index contributed by atoms with van der Waals surface area (Å²) in [5.74, 6) is -2.71. The Labute approximate surface area is 181 Å². The fourth-order valence-electron chi connectivity index (χ4n) is 3.25. The van der Waals surface area contributed by atoms with Crippen molar-refractivity contribution >= 4 is 11.9 Å². The highest BCUT2D eigenvalue weighted by atomic mass is 19.4. The molecule has 7 nitrogen and oxygen atoms in total. The Morgan fingerprint density at radius 3 is 2.19 bits per heavy atom. The third kappa shape index (κ3) is 5.65. The minimum atomic E-state index is -5.08. The van der Waals surface area contributed by atoms with Crippen LogP contribution in [0, 0.1) is 0 Å². The van der Waals surface area contributed by atoms with E-state index in [-0.39, 0.29) is 5.91 Å². The van der Waals surface area contributed by atoms with Gasteiger partial charge < -0.3 is 10.0 Å². The van der Waals surface area contributed by atoms with Gasteiger partial charge in [-0.2, -0.15) is 13.2 Å². The topological polar surface area (TPSA) is 96.3 Å². The number of carboxylic acids is 1. The first-order valence-electron chi connectivity index (χ1n) is 9.65. The molecule has 32 heavy (non-hydrogen) atoms. The quantitative estimate of drug-likeness (QED) is 0.651. The lowest BCUT2D eigenvalue weighted by molar-refractivity contribution is -0.192. The van der Waals surface area contributed by atoms with E-state index in [0.717, 1.165) is 35.4 Å². The zero-order valence-electron chi connectivity index (χ0n) is 16.8. The first-order valence-corrected chi connectivity index (χ1v) is 9.65. The van der Waals surface area contributed by atoms with E-state index in [4.69, 9.17) is 9.90 Å². The normalized spacial score (nSPS) is 13.3. The number of alkyl halides is 3. The molecule has 1 aliphatic rings. The second kappa shape index (κ2) is 9.99. The Bertz CT molecular complexity index is 1080. The van der Waals surface area contributed by atoms with Gasteiger partial charge >= 0.3 is 12.1 Å². The smallest absolute Gasteiger partial charge is 0.475 e. The van der Waals surface area contributed by atoms with Gasteiger partial charge in [0.1, 0.15) is 6.33 Å². The number of aliphatic carboxylic acids is 1. The minimum Gasteiger partial charge on any atom is -0.475 e. The number of halogens is 3. The maximum Gasteiger partial charge on any atom is 0.490 e. The molecule has 2 aromatic heterocycles. The van der Waals surface area contributed by atoms with Crippen molar-refractivity contribution in [2.24, 2.45) is 0 Å². The summed E-state index contributed by atoms with van der Waals surface area (Å²) in [4.78, 5) is 36.5. The van der Waals surface area contributed by atoms with Gasteiger partial charge in [-0.1, -0.05) is 30.3 Å². The lowest BCUT2D eigenvalue weighted by Gasteiger charge is -2.20. The summed E-state index contributed by atoms with van der Waals surface area (Å²) in [7, 11) is 0. The summed E-state index contributed by atoms with van der Waals surface area (Å²) in [5.41, 5.74) is 4.94. The second-order valence-electron chi connectivity index (χ2n) is 6.84. The van der Waals surface area contributed by atoms with Gasteiger partial charge in [-0.05, 0) is 18.6 Å². The average Bonchev–Trinajstić information content (AvgIpc) is 3.02. The highest BCUT2D eigenvalue weighted by Gasteiger charge is 2.38. The molecule has 0 spiro atoms. The van der Waals surface area contributed by atoms with Crippen LogP contribution in [0.1, 0.15) is 21.6 Å². The Hall–Kier alpha value is -3.82. The molecule has 0 bridgehead atoms. The van der Waals surface area contributed by atoms with Gasteiger partial charge in [0.15, 0.2) is 0 Å².